The third-order valence-corrected chi connectivity index (χ3v) is 5.49. The predicted molar refractivity (Wildman–Crippen MR) is 97.1 cm³/mol. The second kappa shape index (κ2) is 7.42. The van der Waals surface area contributed by atoms with Gasteiger partial charge < -0.3 is 15.8 Å². The van der Waals surface area contributed by atoms with E-state index in [9.17, 15) is 19.2 Å². The summed E-state index contributed by atoms with van der Waals surface area (Å²) in [6.45, 7) is 2.42. The SMILES string of the molecule is N[C@@H]1COC[C@H]1CNCc1ccc2c(c1)C(=O)N(C1CCC(=O)NC1=O)C2=O. The number of rotatable bonds is 5. The molecule has 3 heterocycles. The normalized spacial score (nSPS) is 27.3. The number of carbonyl (C=O) groups excluding carboxylic acids is 4. The summed E-state index contributed by atoms with van der Waals surface area (Å²) in [4.78, 5) is 49.9. The van der Waals surface area contributed by atoms with E-state index in [1.807, 2.05) is 0 Å². The molecule has 0 bridgehead atoms. The number of fused-ring (bicyclic) bond motifs is 1. The summed E-state index contributed by atoms with van der Waals surface area (Å²) >= 11 is 0. The quantitative estimate of drug-likeness (QED) is 0.562. The van der Waals surface area contributed by atoms with Crippen LogP contribution < -0.4 is 16.4 Å². The summed E-state index contributed by atoms with van der Waals surface area (Å²) in [6.07, 6.45) is 0.250. The molecule has 2 fully saturated rings. The maximum absolute atomic E-state index is 12.8. The van der Waals surface area contributed by atoms with Gasteiger partial charge in [0.15, 0.2) is 0 Å². The first-order chi connectivity index (χ1) is 13.5. The molecule has 4 amide bonds. The van der Waals surface area contributed by atoms with E-state index in [1.54, 1.807) is 18.2 Å². The van der Waals surface area contributed by atoms with Crippen LogP contribution in [0.5, 0.6) is 0 Å². The Kier molecular flexibility index (Phi) is 4.96. The number of ether oxygens (including phenoxy) is 1. The Bertz CT molecular complexity index is 855. The molecule has 0 saturated carbocycles. The number of hydrogen-bond donors (Lipinski definition) is 3. The predicted octanol–water partition coefficient (Wildman–Crippen LogP) is -0.849. The van der Waals surface area contributed by atoms with Gasteiger partial charge in [-0.05, 0) is 24.1 Å². The van der Waals surface area contributed by atoms with Crippen LogP contribution in [0.1, 0.15) is 39.1 Å². The van der Waals surface area contributed by atoms with Crippen molar-refractivity contribution >= 4 is 23.6 Å². The molecule has 0 radical (unpaired) electrons. The molecule has 0 aliphatic carbocycles. The van der Waals surface area contributed by atoms with Crippen molar-refractivity contribution in [3.63, 3.8) is 0 Å². The number of amides is 4. The van der Waals surface area contributed by atoms with Crippen LogP contribution in [0.15, 0.2) is 18.2 Å². The van der Waals surface area contributed by atoms with Crippen LogP contribution in [0.3, 0.4) is 0 Å². The Balaban J connectivity index is 1.45. The zero-order valence-corrected chi connectivity index (χ0v) is 15.3. The van der Waals surface area contributed by atoms with E-state index >= 15 is 0 Å². The highest BCUT2D eigenvalue weighted by Gasteiger charge is 2.44. The van der Waals surface area contributed by atoms with Crippen LogP contribution in [0.2, 0.25) is 0 Å². The maximum Gasteiger partial charge on any atom is 0.262 e. The van der Waals surface area contributed by atoms with Gasteiger partial charge in [-0.25, -0.2) is 0 Å². The Hall–Kier alpha value is -2.62. The molecular formula is C19H22N4O5. The topological polar surface area (TPSA) is 131 Å². The Morgan fingerprint density at radius 2 is 1.93 bits per heavy atom. The number of nitrogens with one attached hydrogen (secondary N) is 2. The minimum absolute atomic E-state index is 0.0220. The summed E-state index contributed by atoms with van der Waals surface area (Å²) in [5.74, 6) is -1.74. The third-order valence-electron chi connectivity index (χ3n) is 5.49. The summed E-state index contributed by atoms with van der Waals surface area (Å²) in [5, 5.41) is 5.50. The fraction of sp³-hybridized carbons (Fsp3) is 0.474. The van der Waals surface area contributed by atoms with Gasteiger partial charge in [0.25, 0.3) is 11.8 Å². The van der Waals surface area contributed by atoms with Crippen LogP contribution in [0.25, 0.3) is 0 Å². The first kappa shape index (κ1) is 18.7. The molecule has 2 saturated heterocycles. The van der Waals surface area contributed by atoms with E-state index in [0.29, 0.717) is 26.3 Å². The van der Waals surface area contributed by atoms with Gasteiger partial charge in [0.2, 0.25) is 11.8 Å². The van der Waals surface area contributed by atoms with Crippen LogP contribution in [-0.4, -0.2) is 60.4 Å². The molecule has 1 aromatic carbocycles. The van der Waals surface area contributed by atoms with Crippen LogP contribution in [-0.2, 0) is 20.9 Å². The van der Waals surface area contributed by atoms with Gasteiger partial charge in [-0.2, -0.15) is 0 Å². The maximum atomic E-state index is 12.8. The molecular weight excluding hydrogens is 364 g/mol. The number of hydrogen-bond acceptors (Lipinski definition) is 7. The number of nitrogens with two attached hydrogens (primary N) is 1. The molecule has 0 spiro atoms. The molecule has 4 N–H and O–H groups in total. The van der Waals surface area contributed by atoms with Gasteiger partial charge in [0.1, 0.15) is 6.04 Å². The first-order valence-corrected chi connectivity index (χ1v) is 9.34. The average molecular weight is 386 g/mol. The summed E-state index contributed by atoms with van der Waals surface area (Å²) in [5.41, 5.74) is 7.39. The van der Waals surface area contributed by atoms with Crippen molar-refractivity contribution in [2.24, 2.45) is 11.7 Å². The van der Waals surface area contributed by atoms with Crippen molar-refractivity contribution in [2.45, 2.75) is 31.5 Å². The fourth-order valence-electron chi connectivity index (χ4n) is 3.86. The smallest absolute Gasteiger partial charge is 0.262 e. The largest absolute Gasteiger partial charge is 0.379 e. The molecule has 0 aromatic heterocycles. The lowest BCUT2D eigenvalue weighted by atomic mass is 10.0. The molecule has 9 nitrogen and oxygen atoms in total. The zero-order chi connectivity index (χ0) is 19.8. The Morgan fingerprint density at radius 1 is 1.14 bits per heavy atom. The minimum atomic E-state index is -0.949. The van der Waals surface area contributed by atoms with Gasteiger partial charge in [-0.15, -0.1) is 0 Å². The fourth-order valence-corrected chi connectivity index (χ4v) is 3.86. The molecule has 3 aliphatic heterocycles. The highest BCUT2D eigenvalue weighted by Crippen LogP contribution is 2.28. The minimum Gasteiger partial charge on any atom is -0.379 e. The van der Waals surface area contributed by atoms with Gasteiger partial charge in [0.05, 0.1) is 24.3 Å². The lowest BCUT2D eigenvalue weighted by Gasteiger charge is -2.27. The molecule has 1 unspecified atom stereocenters. The highest BCUT2D eigenvalue weighted by atomic mass is 16.5. The molecule has 3 atom stereocenters. The van der Waals surface area contributed by atoms with Gasteiger partial charge >= 0.3 is 0 Å². The summed E-state index contributed by atoms with van der Waals surface area (Å²) in [6, 6.07) is 4.16. The summed E-state index contributed by atoms with van der Waals surface area (Å²) in [7, 11) is 0. The lowest BCUT2D eigenvalue weighted by Crippen LogP contribution is -2.54. The summed E-state index contributed by atoms with van der Waals surface area (Å²) < 4.78 is 5.34. The molecule has 148 valence electrons. The van der Waals surface area contributed by atoms with Gasteiger partial charge in [0, 0.05) is 31.5 Å². The average Bonchev–Trinajstić information content (AvgIpc) is 3.17. The van der Waals surface area contributed by atoms with Crippen molar-refractivity contribution in [2.75, 3.05) is 19.8 Å². The van der Waals surface area contributed by atoms with E-state index in [-0.39, 0.29) is 35.9 Å². The molecule has 9 heteroatoms. The molecule has 3 aliphatic rings. The van der Waals surface area contributed by atoms with Crippen molar-refractivity contribution in [1.82, 2.24) is 15.5 Å². The number of piperidine rings is 1. The standard InChI is InChI=1S/C19H22N4O5/c20-14-9-28-8-11(14)7-21-6-10-1-2-12-13(5-10)19(27)23(18(12)26)15-3-4-16(24)22-17(15)25/h1-2,5,11,14-15,21H,3-4,6-9,20H2,(H,22,24,25)/t11-,14-,15?/m1/s1. The van der Waals surface area contributed by atoms with Crippen molar-refractivity contribution in [3.8, 4) is 0 Å². The van der Waals surface area contributed by atoms with Crippen LogP contribution in [0.4, 0.5) is 0 Å². The Morgan fingerprint density at radius 3 is 2.64 bits per heavy atom. The third kappa shape index (κ3) is 3.32. The zero-order valence-electron chi connectivity index (χ0n) is 15.3. The second-order valence-electron chi connectivity index (χ2n) is 7.42. The lowest BCUT2D eigenvalue weighted by molar-refractivity contribution is -0.136. The van der Waals surface area contributed by atoms with E-state index in [4.69, 9.17) is 10.5 Å². The number of benzene rings is 1. The van der Waals surface area contributed by atoms with E-state index < -0.39 is 29.7 Å². The second-order valence-corrected chi connectivity index (χ2v) is 7.42. The van der Waals surface area contributed by atoms with E-state index in [1.165, 1.54) is 0 Å². The van der Waals surface area contributed by atoms with Crippen molar-refractivity contribution in [1.29, 1.82) is 0 Å². The van der Waals surface area contributed by atoms with E-state index in [2.05, 4.69) is 10.6 Å². The number of imide groups is 2. The monoisotopic (exact) mass is 386 g/mol. The highest BCUT2D eigenvalue weighted by molar-refractivity contribution is 6.23. The van der Waals surface area contributed by atoms with Crippen LogP contribution in [0, 0.1) is 5.92 Å². The first-order valence-electron chi connectivity index (χ1n) is 9.34. The molecule has 4 rings (SSSR count). The Labute approximate surface area is 161 Å². The molecule has 28 heavy (non-hydrogen) atoms. The number of carbonyl (C=O) groups is 4. The van der Waals surface area contributed by atoms with Gasteiger partial charge in [-0.1, -0.05) is 6.07 Å². The van der Waals surface area contributed by atoms with Crippen LogP contribution >= 0.6 is 0 Å². The van der Waals surface area contributed by atoms with Crippen molar-refractivity contribution in [3.05, 3.63) is 34.9 Å². The number of nitrogens with zero attached hydrogens (tertiary/aromatic N) is 1. The molecule has 1 aromatic rings. The van der Waals surface area contributed by atoms with E-state index in [0.717, 1.165) is 10.5 Å². The van der Waals surface area contributed by atoms with Gasteiger partial charge in [-0.3, -0.25) is 29.4 Å². The van der Waals surface area contributed by atoms with Crippen molar-refractivity contribution < 1.29 is 23.9 Å².